The van der Waals surface area contributed by atoms with E-state index in [1.54, 1.807) is 0 Å². The van der Waals surface area contributed by atoms with Crippen molar-refractivity contribution >= 4 is 0 Å². The Morgan fingerprint density at radius 2 is 1.94 bits per heavy atom. The highest BCUT2D eigenvalue weighted by Gasteiger charge is 2.24. The van der Waals surface area contributed by atoms with E-state index in [1.807, 2.05) is 0 Å². The molecule has 0 spiro atoms. The van der Waals surface area contributed by atoms with Crippen molar-refractivity contribution in [1.29, 1.82) is 0 Å². The molecule has 0 amide bonds. The van der Waals surface area contributed by atoms with E-state index in [0.717, 1.165) is 59.0 Å². The molecule has 0 saturated carbocycles. The van der Waals surface area contributed by atoms with Crippen LogP contribution in [0.3, 0.4) is 0 Å². The predicted octanol–water partition coefficient (Wildman–Crippen LogP) is -0.718. The number of hydrogen-bond donors (Lipinski definition) is 1. The second kappa shape index (κ2) is 6.82. The van der Waals surface area contributed by atoms with Gasteiger partial charge in [0.1, 0.15) is 0 Å². The van der Waals surface area contributed by atoms with Crippen LogP contribution in [-0.2, 0) is 4.74 Å². The molecule has 2 saturated heterocycles. The Hall–Kier alpha value is -0.200. The van der Waals surface area contributed by atoms with Crippen LogP contribution in [0.1, 0.15) is 6.92 Å². The van der Waals surface area contributed by atoms with Gasteiger partial charge in [0.05, 0.1) is 12.7 Å². The van der Waals surface area contributed by atoms with E-state index in [1.165, 1.54) is 0 Å². The molecule has 5 heteroatoms. The fraction of sp³-hybridized carbons (Fsp3) is 1.00. The maximum absolute atomic E-state index is 5.83. The summed E-state index contributed by atoms with van der Waals surface area (Å²) < 4.78 is 5.83. The number of nitrogens with zero attached hydrogens (tertiary/aromatic N) is 3. The van der Waals surface area contributed by atoms with Crippen LogP contribution < -0.4 is 5.73 Å². The molecule has 5 nitrogen and oxygen atoms in total. The van der Waals surface area contributed by atoms with Crippen molar-refractivity contribution in [3.63, 3.8) is 0 Å². The van der Waals surface area contributed by atoms with Crippen molar-refractivity contribution in [2.24, 2.45) is 5.73 Å². The molecule has 2 unspecified atom stereocenters. The molecule has 0 aromatic rings. The molecule has 2 N–H and O–H groups in total. The van der Waals surface area contributed by atoms with Crippen LogP contribution in [0.2, 0.25) is 0 Å². The Balaban J connectivity index is 1.70. The van der Waals surface area contributed by atoms with E-state index >= 15 is 0 Å². The Morgan fingerprint density at radius 3 is 2.56 bits per heavy atom. The SMILES string of the molecule is CC(CN)N1CCN(CC2CN(C)CCO2)CC1. The molecule has 106 valence electrons. The lowest BCUT2D eigenvalue weighted by Crippen LogP contribution is -2.54. The smallest absolute Gasteiger partial charge is 0.0829 e. The zero-order valence-electron chi connectivity index (χ0n) is 11.8. The topological polar surface area (TPSA) is 45.0 Å². The first-order valence-corrected chi connectivity index (χ1v) is 7.15. The van der Waals surface area contributed by atoms with Crippen molar-refractivity contribution in [3.8, 4) is 0 Å². The number of piperazine rings is 1. The Kier molecular flexibility index (Phi) is 5.38. The number of likely N-dealkylation sites (N-methyl/N-ethyl adjacent to an activating group) is 1. The van der Waals surface area contributed by atoms with Gasteiger partial charge in [0.25, 0.3) is 0 Å². The highest BCUT2D eigenvalue weighted by atomic mass is 16.5. The lowest BCUT2D eigenvalue weighted by molar-refractivity contribution is -0.0422. The highest BCUT2D eigenvalue weighted by molar-refractivity contribution is 4.80. The van der Waals surface area contributed by atoms with E-state index in [2.05, 4.69) is 28.7 Å². The summed E-state index contributed by atoms with van der Waals surface area (Å²) in [7, 11) is 2.18. The van der Waals surface area contributed by atoms with Gasteiger partial charge < -0.3 is 15.4 Å². The van der Waals surface area contributed by atoms with Gasteiger partial charge in [0, 0.05) is 58.4 Å². The van der Waals surface area contributed by atoms with Crippen molar-refractivity contribution in [2.75, 3.05) is 66.0 Å². The first-order chi connectivity index (χ1) is 8.69. The standard InChI is InChI=1S/C13H28N4O/c1-12(9-14)17-5-3-16(4-6-17)11-13-10-15(2)7-8-18-13/h12-13H,3-11,14H2,1-2H3. The molecule has 0 radical (unpaired) electrons. The maximum Gasteiger partial charge on any atom is 0.0829 e. The predicted molar refractivity (Wildman–Crippen MR) is 73.8 cm³/mol. The number of rotatable bonds is 4. The molecule has 2 rings (SSSR count). The van der Waals surface area contributed by atoms with Gasteiger partial charge in [0.2, 0.25) is 0 Å². The van der Waals surface area contributed by atoms with Crippen LogP contribution in [0.5, 0.6) is 0 Å². The summed E-state index contributed by atoms with van der Waals surface area (Å²) in [5.74, 6) is 0. The van der Waals surface area contributed by atoms with E-state index < -0.39 is 0 Å². The molecular weight excluding hydrogens is 228 g/mol. The van der Waals surface area contributed by atoms with Gasteiger partial charge in [-0.25, -0.2) is 0 Å². The second-order valence-corrected chi connectivity index (χ2v) is 5.68. The number of nitrogens with two attached hydrogens (primary N) is 1. The van der Waals surface area contributed by atoms with Crippen LogP contribution in [-0.4, -0.2) is 92.9 Å². The van der Waals surface area contributed by atoms with E-state index in [-0.39, 0.29) is 0 Å². The van der Waals surface area contributed by atoms with Crippen molar-refractivity contribution in [3.05, 3.63) is 0 Å². The molecule has 0 aromatic carbocycles. The Morgan fingerprint density at radius 1 is 1.22 bits per heavy atom. The molecular formula is C13H28N4O. The fourth-order valence-electron chi connectivity index (χ4n) is 2.80. The molecule has 2 heterocycles. The fourth-order valence-corrected chi connectivity index (χ4v) is 2.80. The minimum absolute atomic E-state index is 0.391. The first-order valence-electron chi connectivity index (χ1n) is 7.15. The van der Waals surface area contributed by atoms with E-state index in [0.29, 0.717) is 12.1 Å². The van der Waals surface area contributed by atoms with Crippen molar-refractivity contribution < 1.29 is 4.74 Å². The summed E-state index contributed by atoms with van der Waals surface area (Å²) in [5, 5.41) is 0. The quantitative estimate of drug-likeness (QED) is 0.719. The molecule has 0 aliphatic carbocycles. The van der Waals surface area contributed by atoms with Gasteiger partial charge in [-0.05, 0) is 14.0 Å². The lowest BCUT2D eigenvalue weighted by atomic mass is 10.2. The van der Waals surface area contributed by atoms with Crippen LogP contribution in [0.4, 0.5) is 0 Å². The first kappa shape index (κ1) is 14.2. The zero-order chi connectivity index (χ0) is 13.0. The van der Waals surface area contributed by atoms with Gasteiger partial charge >= 0.3 is 0 Å². The zero-order valence-corrected chi connectivity index (χ0v) is 11.8. The summed E-state index contributed by atoms with van der Waals surface area (Å²) in [6, 6.07) is 0.518. The normalized spacial score (nSPS) is 30.5. The van der Waals surface area contributed by atoms with Crippen molar-refractivity contribution in [2.45, 2.75) is 19.1 Å². The van der Waals surface area contributed by atoms with Gasteiger partial charge in [-0.3, -0.25) is 9.80 Å². The van der Waals surface area contributed by atoms with Crippen LogP contribution in [0.25, 0.3) is 0 Å². The molecule has 0 bridgehead atoms. The number of morpholine rings is 1. The minimum atomic E-state index is 0.391. The van der Waals surface area contributed by atoms with Crippen LogP contribution in [0.15, 0.2) is 0 Å². The molecule has 2 atom stereocenters. The van der Waals surface area contributed by atoms with Crippen molar-refractivity contribution in [1.82, 2.24) is 14.7 Å². The Labute approximate surface area is 111 Å². The van der Waals surface area contributed by atoms with Gasteiger partial charge in [-0.15, -0.1) is 0 Å². The van der Waals surface area contributed by atoms with Crippen LogP contribution in [0, 0.1) is 0 Å². The summed E-state index contributed by atoms with van der Waals surface area (Å²) in [4.78, 5) is 7.38. The summed E-state index contributed by atoms with van der Waals surface area (Å²) in [6.45, 7) is 11.6. The average molecular weight is 256 g/mol. The molecule has 0 aromatic heterocycles. The third kappa shape index (κ3) is 3.90. The maximum atomic E-state index is 5.83. The average Bonchev–Trinajstić information content (AvgIpc) is 2.39. The third-order valence-electron chi connectivity index (χ3n) is 4.18. The van der Waals surface area contributed by atoms with Gasteiger partial charge in [-0.1, -0.05) is 0 Å². The Bertz CT molecular complexity index is 243. The summed E-state index contributed by atoms with van der Waals surface area (Å²) in [5.41, 5.74) is 5.72. The lowest BCUT2D eigenvalue weighted by Gasteiger charge is -2.40. The molecule has 2 fully saturated rings. The number of hydrogen-bond acceptors (Lipinski definition) is 5. The van der Waals surface area contributed by atoms with Gasteiger partial charge in [0.15, 0.2) is 0 Å². The van der Waals surface area contributed by atoms with E-state index in [9.17, 15) is 0 Å². The third-order valence-corrected chi connectivity index (χ3v) is 4.18. The van der Waals surface area contributed by atoms with Crippen LogP contribution >= 0.6 is 0 Å². The molecule has 2 aliphatic rings. The minimum Gasteiger partial charge on any atom is -0.374 e. The second-order valence-electron chi connectivity index (χ2n) is 5.68. The summed E-state index contributed by atoms with van der Waals surface area (Å²) >= 11 is 0. The monoisotopic (exact) mass is 256 g/mol. The molecule has 2 aliphatic heterocycles. The van der Waals surface area contributed by atoms with E-state index in [4.69, 9.17) is 10.5 Å². The highest BCUT2D eigenvalue weighted by Crippen LogP contribution is 2.09. The largest absolute Gasteiger partial charge is 0.374 e. The van der Waals surface area contributed by atoms with Gasteiger partial charge in [-0.2, -0.15) is 0 Å². The molecule has 18 heavy (non-hydrogen) atoms. The summed E-state index contributed by atoms with van der Waals surface area (Å²) in [6.07, 6.45) is 0.391. The number of ether oxygens (including phenoxy) is 1.